The van der Waals surface area contributed by atoms with E-state index in [1.807, 2.05) is 0 Å². The van der Waals surface area contributed by atoms with Crippen molar-refractivity contribution in [1.29, 1.82) is 0 Å². The van der Waals surface area contributed by atoms with Crippen molar-refractivity contribution in [2.24, 2.45) is 0 Å². The van der Waals surface area contributed by atoms with Gasteiger partial charge in [0.1, 0.15) is 0 Å². The standard InChI is InChI=1S/C16H19N3O4S/c20-16-10-13(17-12-18-16)6-7-14-11-19(8-9-23-14)24(21,22)15-4-2-1-3-5-15/h1-5,10,12,14H,6-9,11H2,(H,17,18,20)/t14-/m0/s1. The van der Waals surface area contributed by atoms with E-state index in [4.69, 9.17) is 4.74 Å². The fourth-order valence-corrected chi connectivity index (χ4v) is 4.16. The van der Waals surface area contributed by atoms with E-state index in [1.165, 1.54) is 16.7 Å². The quantitative estimate of drug-likeness (QED) is 0.862. The van der Waals surface area contributed by atoms with Crippen LogP contribution in [0.25, 0.3) is 0 Å². The molecule has 24 heavy (non-hydrogen) atoms. The van der Waals surface area contributed by atoms with Crippen LogP contribution in [-0.2, 0) is 21.2 Å². The lowest BCUT2D eigenvalue weighted by atomic mass is 10.1. The summed E-state index contributed by atoms with van der Waals surface area (Å²) in [6, 6.07) is 9.85. The third kappa shape index (κ3) is 3.89. The lowest BCUT2D eigenvalue weighted by Gasteiger charge is -2.32. The van der Waals surface area contributed by atoms with Crippen LogP contribution < -0.4 is 5.56 Å². The fraction of sp³-hybridized carbons (Fsp3) is 0.375. The zero-order valence-electron chi connectivity index (χ0n) is 13.1. The van der Waals surface area contributed by atoms with E-state index in [1.54, 1.807) is 30.3 Å². The largest absolute Gasteiger partial charge is 0.375 e. The summed E-state index contributed by atoms with van der Waals surface area (Å²) in [6.07, 6.45) is 2.33. The molecule has 1 aromatic heterocycles. The Morgan fingerprint density at radius 3 is 2.83 bits per heavy atom. The molecule has 0 spiro atoms. The minimum atomic E-state index is -3.50. The molecule has 0 saturated carbocycles. The molecule has 3 rings (SSSR count). The number of hydrogen-bond acceptors (Lipinski definition) is 5. The van der Waals surface area contributed by atoms with Gasteiger partial charge in [0.15, 0.2) is 0 Å². The van der Waals surface area contributed by atoms with Gasteiger partial charge in [-0.25, -0.2) is 13.4 Å². The Morgan fingerprint density at radius 2 is 2.08 bits per heavy atom. The molecule has 1 aliphatic heterocycles. The summed E-state index contributed by atoms with van der Waals surface area (Å²) >= 11 is 0. The van der Waals surface area contributed by atoms with Crippen LogP contribution in [0.5, 0.6) is 0 Å². The molecule has 2 heterocycles. The minimum absolute atomic E-state index is 0.196. The first-order valence-electron chi connectivity index (χ1n) is 7.76. The summed E-state index contributed by atoms with van der Waals surface area (Å²) in [5, 5.41) is 0. The van der Waals surface area contributed by atoms with Crippen LogP contribution in [0.4, 0.5) is 0 Å². The van der Waals surface area contributed by atoms with E-state index >= 15 is 0 Å². The van der Waals surface area contributed by atoms with Gasteiger partial charge >= 0.3 is 0 Å². The highest BCUT2D eigenvalue weighted by atomic mass is 32.2. The molecule has 2 aromatic rings. The zero-order valence-corrected chi connectivity index (χ0v) is 13.9. The summed E-state index contributed by atoms with van der Waals surface area (Å²) in [4.78, 5) is 18.1. The van der Waals surface area contributed by atoms with Crippen LogP contribution in [0.3, 0.4) is 0 Å². The highest BCUT2D eigenvalue weighted by molar-refractivity contribution is 7.89. The number of nitrogens with zero attached hydrogens (tertiary/aromatic N) is 2. The van der Waals surface area contributed by atoms with Crippen molar-refractivity contribution in [2.45, 2.75) is 23.8 Å². The van der Waals surface area contributed by atoms with Gasteiger partial charge in [-0.3, -0.25) is 4.79 Å². The molecule has 1 atom stereocenters. The highest BCUT2D eigenvalue weighted by Crippen LogP contribution is 2.20. The molecule has 8 heteroatoms. The Hall–Kier alpha value is -2.03. The molecular weight excluding hydrogens is 330 g/mol. The first-order chi connectivity index (χ1) is 11.6. The summed E-state index contributed by atoms with van der Waals surface area (Å²) in [7, 11) is -3.50. The molecule has 0 amide bonds. The number of nitrogens with one attached hydrogen (secondary N) is 1. The summed E-state index contributed by atoms with van der Waals surface area (Å²) in [5.41, 5.74) is 0.475. The van der Waals surface area contributed by atoms with Gasteiger partial charge in [-0.15, -0.1) is 0 Å². The number of morpholine rings is 1. The van der Waals surface area contributed by atoms with Gasteiger partial charge < -0.3 is 9.72 Å². The number of aromatic nitrogens is 2. The second kappa shape index (κ2) is 7.25. The van der Waals surface area contributed by atoms with Gasteiger partial charge in [0.05, 0.1) is 23.9 Å². The normalized spacial score (nSPS) is 19.2. The van der Waals surface area contributed by atoms with Crippen LogP contribution in [0.2, 0.25) is 0 Å². The number of ether oxygens (including phenoxy) is 1. The average Bonchev–Trinajstić information content (AvgIpc) is 2.61. The Morgan fingerprint density at radius 1 is 1.29 bits per heavy atom. The van der Waals surface area contributed by atoms with Crippen LogP contribution in [-0.4, -0.2) is 48.5 Å². The van der Waals surface area contributed by atoms with Gasteiger partial charge in [0.2, 0.25) is 10.0 Å². The van der Waals surface area contributed by atoms with E-state index in [0.717, 1.165) is 0 Å². The van der Waals surface area contributed by atoms with Gasteiger partial charge in [0.25, 0.3) is 5.56 Å². The molecule has 0 unspecified atom stereocenters. The number of rotatable bonds is 5. The molecule has 0 bridgehead atoms. The second-order valence-corrected chi connectivity index (χ2v) is 7.55. The average molecular weight is 349 g/mol. The summed E-state index contributed by atoms with van der Waals surface area (Å²) in [6.45, 7) is 1.01. The molecule has 1 N–H and O–H groups in total. The van der Waals surface area contributed by atoms with Crippen molar-refractivity contribution in [1.82, 2.24) is 14.3 Å². The molecule has 0 aliphatic carbocycles. The Balaban J connectivity index is 1.65. The van der Waals surface area contributed by atoms with Crippen molar-refractivity contribution in [3.8, 4) is 0 Å². The highest BCUT2D eigenvalue weighted by Gasteiger charge is 2.30. The third-order valence-electron chi connectivity index (χ3n) is 3.94. The predicted octanol–water partition coefficient (Wildman–Crippen LogP) is 0.792. The monoisotopic (exact) mass is 349 g/mol. The Labute approximate surface area is 140 Å². The minimum Gasteiger partial charge on any atom is -0.375 e. The topological polar surface area (TPSA) is 92.4 Å². The molecule has 1 fully saturated rings. The van der Waals surface area contributed by atoms with Gasteiger partial charge in [-0.1, -0.05) is 18.2 Å². The van der Waals surface area contributed by atoms with Crippen molar-refractivity contribution >= 4 is 10.0 Å². The Bertz CT molecular complexity index is 836. The summed E-state index contributed by atoms with van der Waals surface area (Å²) in [5.74, 6) is 0. The number of sulfonamides is 1. The van der Waals surface area contributed by atoms with Crippen LogP contribution in [0.15, 0.2) is 52.4 Å². The van der Waals surface area contributed by atoms with Gasteiger partial charge in [-0.05, 0) is 25.0 Å². The maximum atomic E-state index is 12.7. The van der Waals surface area contributed by atoms with Crippen molar-refractivity contribution in [3.63, 3.8) is 0 Å². The molecule has 128 valence electrons. The van der Waals surface area contributed by atoms with Crippen molar-refractivity contribution < 1.29 is 13.2 Å². The van der Waals surface area contributed by atoms with Crippen LogP contribution in [0, 0.1) is 0 Å². The smallest absolute Gasteiger partial charge is 0.250 e. The van der Waals surface area contributed by atoms with Gasteiger partial charge in [-0.2, -0.15) is 4.31 Å². The number of hydrogen-bond donors (Lipinski definition) is 1. The van der Waals surface area contributed by atoms with E-state index in [0.29, 0.717) is 43.1 Å². The van der Waals surface area contributed by atoms with E-state index in [-0.39, 0.29) is 11.7 Å². The number of benzene rings is 1. The number of aromatic amines is 1. The second-order valence-electron chi connectivity index (χ2n) is 5.61. The predicted molar refractivity (Wildman–Crippen MR) is 88.1 cm³/mol. The number of H-pyrrole nitrogens is 1. The molecule has 1 saturated heterocycles. The lowest BCUT2D eigenvalue weighted by Crippen LogP contribution is -2.45. The van der Waals surface area contributed by atoms with E-state index in [2.05, 4.69) is 9.97 Å². The van der Waals surface area contributed by atoms with E-state index < -0.39 is 10.0 Å². The SMILES string of the molecule is O=c1cc(CC[C@H]2CN(S(=O)(=O)c3ccccc3)CCO2)nc[nH]1. The first kappa shape index (κ1) is 16.8. The molecule has 0 radical (unpaired) electrons. The first-order valence-corrected chi connectivity index (χ1v) is 9.20. The Kier molecular flexibility index (Phi) is 5.08. The lowest BCUT2D eigenvalue weighted by molar-refractivity contribution is -0.00539. The van der Waals surface area contributed by atoms with E-state index in [9.17, 15) is 13.2 Å². The molecule has 1 aliphatic rings. The third-order valence-corrected chi connectivity index (χ3v) is 5.82. The zero-order chi connectivity index (χ0) is 17.0. The van der Waals surface area contributed by atoms with Crippen LogP contribution >= 0.6 is 0 Å². The van der Waals surface area contributed by atoms with Crippen molar-refractivity contribution in [3.05, 3.63) is 58.8 Å². The summed E-state index contributed by atoms with van der Waals surface area (Å²) < 4.78 is 32.5. The number of aryl methyl sites for hydroxylation is 1. The van der Waals surface area contributed by atoms with Crippen LogP contribution in [0.1, 0.15) is 12.1 Å². The molecule has 7 nitrogen and oxygen atoms in total. The van der Waals surface area contributed by atoms with Crippen molar-refractivity contribution in [2.75, 3.05) is 19.7 Å². The molecule has 1 aromatic carbocycles. The fourth-order valence-electron chi connectivity index (χ4n) is 2.68. The maximum Gasteiger partial charge on any atom is 0.250 e. The molecular formula is C16H19N3O4S. The maximum absolute atomic E-state index is 12.7. The van der Waals surface area contributed by atoms with Gasteiger partial charge in [0, 0.05) is 24.8 Å².